The molecule has 150 valence electrons. The van der Waals surface area contributed by atoms with Crippen LogP contribution in [0.25, 0.3) is 0 Å². The summed E-state index contributed by atoms with van der Waals surface area (Å²) in [5.74, 6) is 1.85. The van der Waals surface area contributed by atoms with Gasteiger partial charge in [0.1, 0.15) is 5.82 Å². The number of carbonyl (C=O) groups is 1. The highest BCUT2D eigenvalue weighted by Gasteiger charge is 2.14. The molecule has 0 spiro atoms. The quantitative estimate of drug-likeness (QED) is 0.703. The maximum atomic E-state index is 12.6. The van der Waals surface area contributed by atoms with Crippen molar-refractivity contribution >= 4 is 17.4 Å². The van der Waals surface area contributed by atoms with E-state index in [1.807, 2.05) is 12.1 Å². The molecule has 0 atom stereocenters. The second kappa shape index (κ2) is 9.94. The van der Waals surface area contributed by atoms with Crippen molar-refractivity contribution < 1.29 is 19.0 Å². The van der Waals surface area contributed by atoms with Crippen molar-refractivity contribution in [2.24, 2.45) is 0 Å². The summed E-state index contributed by atoms with van der Waals surface area (Å²) >= 11 is 0. The Morgan fingerprint density at radius 3 is 2.71 bits per heavy atom. The molecule has 1 saturated heterocycles. The number of aromatic nitrogens is 1. The van der Waals surface area contributed by atoms with Gasteiger partial charge in [0.05, 0.1) is 38.8 Å². The van der Waals surface area contributed by atoms with Crippen molar-refractivity contribution in [1.29, 1.82) is 0 Å². The second-order valence-electron chi connectivity index (χ2n) is 6.53. The van der Waals surface area contributed by atoms with Crippen molar-refractivity contribution in [1.82, 2.24) is 4.98 Å². The van der Waals surface area contributed by atoms with Gasteiger partial charge in [-0.1, -0.05) is 13.3 Å². The number of nitrogens with zero attached hydrogens (tertiary/aromatic N) is 2. The maximum absolute atomic E-state index is 12.6. The average Bonchev–Trinajstić information content (AvgIpc) is 2.75. The lowest BCUT2D eigenvalue weighted by atomic mass is 10.2. The molecule has 1 aliphatic heterocycles. The Bertz CT molecular complexity index is 774. The number of hydrogen-bond donors (Lipinski definition) is 1. The summed E-state index contributed by atoms with van der Waals surface area (Å²) < 4.78 is 16.4. The van der Waals surface area contributed by atoms with Gasteiger partial charge in [0, 0.05) is 18.7 Å². The van der Waals surface area contributed by atoms with Crippen LogP contribution in [0.1, 0.15) is 30.1 Å². The van der Waals surface area contributed by atoms with Crippen LogP contribution in [0, 0.1) is 0 Å². The number of nitrogens with one attached hydrogen (secondary N) is 1. The van der Waals surface area contributed by atoms with Crippen LogP contribution < -0.4 is 19.7 Å². The zero-order valence-electron chi connectivity index (χ0n) is 16.4. The highest BCUT2D eigenvalue weighted by atomic mass is 16.5. The molecule has 1 aromatic heterocycles. The van der Waals surface area contributed by atoms with Crippen LogP contribution in [-0.4, -0.2) is 50.9 Å². The SMILES string of the molecule is CCCCOc1ccc(C(=O)Nc2ccc(N3CCOCC3)nc2)cc1OC. The van der Waals surface area contributed by atoms with Crippen molar-refractivity contribution in [3.05, 3.63) is 42.1 Å². The summed E-state index contributed by atoms with van der Waals surface area (Å²) in [6.45, 7) is 5.80. The van der Waals surface area contributed by atoms with Crippen LogP contribution in [0.5, 0.6) is 11.5 Å². The number of pyridine rings is 1. The van der Waals surface area contributed by atoms with Gasteiger partial charge in [0.25, 0.3) is 5.91 Å². The van der Waals surface area contributed by atoms with E-state index in [1.165, 1.54) is 0 Å². The molecule has 0 saturated carbocycles. The topological polar surface area (TPSA) is 72.9 Å². The predicted molar refractivity (Wildman–Crippen MR) is 109 cm³/mol. The lowest BCUT2D eigenvalue weighted by molar-refractivity contribution is 0.102. The van der Waals surface area contributed by atoms with E-state index >= 15 is 0 Å². The minimum absolute atomic E-state index is 0.223. The van der Waals surface area contributed by atoms with Gasteiger partial charge in [-0.15, -0.1) is 0 Å². The lowest BCUT2D eigenvalue weighted by Crippen LogP contribution is -2.36. The van der Waals surface area contributed by atoms with Crippen LogP contribution in [0.4, 0.5) is 11.5 Å². The summed E-state index contributed by atoms with van der Waals surface area (Å²) in [7, 11) is 1.57. The molecule has 0 aliphatic carbocycles. The third-order valence-corrected chi connectivity index (χ3v) is 4.52. The molecule has 1 amide bonds. The second-order valence-corrected chi connectivity index (χ2v) is 6.53. The smallest absolute Gasteiger partial charge is 0.255 e. The largest absolute Gasteiger partial charge is 0.493 e. The number of ether oxygens (including phenoxy) is 3. The molecule has 0 radical (unpaired) electrons. The Morgan fingerprint density at radius 2 is 2.04 bits per heavy atom. The summed E-state index contributed by atoms with van der Waals surface area (Å²) in [6.07, 6.45) is 3.70. The van der Waals surface area contributed by atoms with Gasteiger partial charge in [0.15, 0.2) is 11.5 Å². The summed E-state index contributed by atoms with van der Waals surface area (Å²) in [5.41, 5.74) is 1.14. The van der Waals surface area contributed by atoms with E-state index in [0.717, 1.165) is 31.7 Å². The Kier molecular flexibility index (Phi) is 7.08. The number of unbranched alkanes of at least 4 members (excludes halogenated alkanes) is 1. The number of morpholine rings is 1. The number of rotatable bonds is 8. The molecule has 1 N–H and O–H groups in total. The minimum atomic E-state index is -0.223. The van der Waals surface area contributed by atoms with Crippen LogP contribution >= 0.6 is 0 Å². The molecule has 2 heterocycles. The molecule has 7 nitrogen and oxygen atoms in total. The summed E-state index contributed by atoms with van der Waals surface area (Å²) in [6, 6.07) is 8.95. The average molecular weight is 385 g/mol. The zero-order chi connectivity index (χ0) is 19.8. The van der Waals surface area contributed by atoms with Gasteiger partial charge in [-0.25, -0.2) is 4.98 Å². The van der Waals surface area contributed by atoms with E-state index in [0.29, 0.717) is 42.6 Å². The highest BCUT2D eigenvalue weighted by Crippen LogP contribution is 2.28. The third-order valence-electron chi connectivity index (χ3n) is 4.52. The standard InChI is InChI=1S/C21H27N3O4/c1-3-4-11-28-18-7-5-16(14-19(18)26-2)21(25)23-17-6-8-20(22-15-17)24-9-12-27-13-10-24/h5-8,14-15H,3-4,9-13H2,1-2H3,(H,23,25). The molecule has 3 rings (SSSR count). The predicted octanol–water partition coefficient (Wildman–Crippen LogP) is 3.36. The normalized spacial score (nSPS) is 13.9. The fourth-order valence-electron chi connectivity index (χ4n) is 2.90. The van der Waals surface area contributed by atoms with E-state index in [4.69, 9.17) is 14.2 Å². The van der Waals surface area contributed by atoms with E-state index in [1.54, 1.807) is 31.5 Å². The number of methoxy groups -OCH3 is 1. The molecule has 0 unspecified atom stereocenters. The van der Waals surface area contributed by atoms with E-state index in [2.05, 4.69) is 22.1 Å². The van der Waals surface area contributed by atoms with Gasteiger partial charge in [-0.05, 0) is 36.8 Å². The van der Waals surface area contributed by atoms with E-state index < -0.39 is 0 Å². The van der Waals surface area contributed by atoms with Gasteiger partial charge in [-0.2, -0.15) is 0 Å². The number of anilines is 2. The minimum Gasteiger partial charge on any atom is -0.493 e. The Morgan fingerprint density at radius 1 is 1.21 bits per heavy atom. The Hall–Kier alpha value is -2.80. The molecule has 1 aliphatic rings. The first-order chi connectivity index (χ1) is 13.7. The van der Waals surface area contributed by atoms with Gasteiger partial charge in [-0.3, -0.25) is 4.79 Å². The van der Waals surface area contributed by atoms with Crippen LogP contribution in [0.3, 0.4) is 0 Å². The number of benzene rings is 1. The van der Waals surface area contributed by atoms with E-state index in [-0.39, 0.29) is 5.91 Å². The molecule has 1 aromatic carbocycles. The fraction of sp³-hybridized carbons (Fsp3) is 0.429. The first-order valence-electron chi connectivity index (χ1n) is 9.62. The number of amides is 1. The van der Waals surface area contributed by atoms with E-state index in [9.17, 15) is 4.79 Å². The molecule has 0 bridgehead atoms. The molecule has 2 aromatic rings. The van der Waals surface area contributed by atoms with Crippen molar-refractivity contribution in [2.45, 2.75) is 19.8 Å². The first-order valence-corrected chi connectivity index (χ1v) is 9.62. The summed E-state index contributed by atoms with van der Waals surface area (Å²) in [4.78, 5) is 19.2. The molecule has 1 fully saturated rings. The first kappa shape index (κ1) is 19.9. The summed E-state index contributed by atoms with van der Waals surface area (Å²) in [5, 5.41) is 2.87. The number of carbonyl (C=O) groups excluding carboxylic acids is 1. The van der Waals surface area contributed by atoms with Gasteiger partial charge < -0.3 is 24.4 Å². The zero-order valence-corrected chi connectivity index (χ0v) is 16.4. The van der Waals surface area contributed by atoms with Crippen LogP contribution in [0.2, 0.25) is 0 Å². The maximum Gasteiger partial charge on any atom is 0.255 e. The van der Waals surface area contributed by atoms with Gasteiger partial charge >= 0.3 is 0 Å². The monoisotopic (exact) mass is 385 g/mol. The van der Waals surface area contributed by atoms with Crippen molar-refractivity contribution in [2.75, 3.05) is 50.2 Å². The third kappa shape index (κ3) is 5.13. The van der Waals surface area contributed by atoms with Crippen LogP contribution in [0.15, 0.2) is 36.5 Å². The Labute approximate surface area is 165 Å². The van der Waals surface area contributed by atoms with Crippen molar-refractivity contribution in [3.63, 3.8) is 0 Å². The molecular weight excluding hydrogens is 358 g/mol. The molecule has 7 heteroatoms. The molecule has 28 heavy (non-hydrogen) atoms. The van der Waals surface area contributed by atoms with Gasteiger partial charge in [0.2, 0.25) is 0 Å². The Balaban J connectivity index is 1.63. The number of hydrogen-bond acceptors (Lipinski definition) is 6. The lowest BCUT2D eigenvalue weighted by Gasteiger charge is -2.27. The fourth-order valence-corrected chi connectivity index (χ4v) is 2.90. The van der Waals surface area contributed by atoms with Crippen LogP contribution in [-0.2, 0) is 4.74 Å². The highest BCUT2D eigenvalue weighted by molar-refractivity contribution is 6.04. The van der Waals surface area contributed by atoms with Crippen molar-refractivity contribution in [3.8, 4) is 11.5 Å². The molecular formula is C21H27N3O4.